The lowest BCUT2D eigenvalue weighted by atomic mass is 10.1. The summed E-state index contributed by atoms with van der Waals surface area (Å²) in [6.07, 6.45) is 3.95. The second-order valence-corrected chi connectivity index (χ2v) is 7.81. The molecule has 0 saturated heterocycles. The number of phenols is 1. The van der Waals surface area contributed by atoms with Gasteiger partial charge < -0.3 is 14.6 Å². The maximum atomic E-state index is 14.1. The first-order valence-corrected chi connectivity index (χ1v) is 9.91. The molecule has 0 unspecified atom stereocenters. The monoisotopic (exact) mass is 419 g/mol. The topological polar surface area (TPSA) is 52.2 Å². The number of alkyl halides is 3. The number of allylic oxidation sites excluding steroid dienone is 2. The van der Waals surface area contributed by atoms with Crippen molar-refractivity contribution in [3.8, 4) is 11.8 Å². The zero-order chi connectivity index (χ0) is 21.6. The van der Waals surface area contributed by atoms with Crippen molar-refractivity contribution in [2.75, 3.05) is 6.54 Å². The standard InChI is InChI=1S/C22H21F4N3O/c1-13(22(24,25)26)28-9-5-4-8-18(28)21-16(12-27)15-10-17(23)20(30)11-19(15)29(21)14-6-2-3-7-14/h4-5,8,10-11,13-14,30H,2-3,6-7,9H2,1H3/t13-/m0/s1. The Labute approximate surface area is 171 Å². The highest BCUT2D eigenvalue weighted by Gasteiger charge is 2.42. The summed E-state index contributed by atoms with van der Waals surface area (Å²) in [5.41, 5.74) is 1.21. The Morgan fingerprint density at radius 1 is 1.23 bits per heavy atom. The van der Waals surface area contributed by atoms with Crippen LogP contribution >= 0.6 is 0 Å². The number of benzene rings is 1. The lowest BCUT2D eigenvalue weighted by Gasteiger charge is -2.36. The van der Waals surface area contributed by atoms with Gasteiger partial charge in [-0.25, -0.2) is 4.39 Å². The third-order valence-corrected chi connectivity index (χ3v) is 6.06. The lowest BCUT2D eigenvalue weighted by molar-refractivity contribution is -0.169. The molecule has 0 bridgehead atoms. The van der Waals surface area contributed by atoms with Crippen molar-refractivity contribution in [3.63, 3.8) is 0 Å². The van der Waals surface area contributed by atoms with Gasteiger partial charge in [-0.05, 0) is 31.9 Å². The van der Waals surface area contributed by atoms with Crippen LogP contribution in [0.2, 0.25) is 0 Å². The van der Waals surface area contributed by atoms with Crippen molar-refractivity contribution in [3.05, 3.63) is 47.4 Å². The van der Waals surface area contributed by atoms with Crippen LogP contribution in [0.3, 0.4) is 0 Å². The number of phenolic OH excluding ortho intramolecular Hbond substituents is 1. The molecular weight excluding hydrogens is 398 g/mol. The van der Waals surface area contributed by atoms with Gasteiger partial charge in [0.15, 0.2) is 11.6 Å². The SMILES string of the molecule is C[C@H](N1CC=CC=C1c1c(C#N)c2cc(F)c(O)cc2n1C1CCCC1)C(F)(F)F. The summed E-state index contributed by atoms with van der Waals surface area (Å²) in [7, 11) is 0. The Bertz CT molecular complexity index is 1080. The zero-order valence-electron chi connectivity index (χ0n) is 16.4. The van der Waals surface area contributed by atoms with E-state index in [1.165, 1.54) is 11.0 Å². The highest BCUT2D eigenvalue weighted by molar-refractivity contribution is 5.94. The van der Waals surface area contributed by atoms with E-state index in [4.69, 9.17) is 0 Å². The van der Waals surface area contributed by atoms with E-state index in [0.717, 1.165) is 38.7 Å². The second kappa shape index (κ2) is 7.38. The molecule has 1 aliphatic heterocycles. The Kier molecular flexibility index (Phi) is 5.00. The molecule has 1 aromatic heterocycles. The van der Waals surface area contributed by atoms with E-state index in [-0.39, 0.29) is 23.8 Å². The van der Waals surface area contributed by atoms with Crippen LogP contribution in [0.5, 0.6) is 5.75 Å². The molecule has 2 aromatic rings. The molecule has 158 valence electrons. The number of nitrogens with zero attached hydrogens (tertiary/aromatic N) is 3. The molecule has 0 spiro atoms. The minimum absolute atomic E-state index is 0.0377. The predicted octanol–water partition coefficient (Wildman–Crippen LogP) is 5.64. The van der Waals surface area contributed by atoms with Crippen molar-refractivity contribution < 1.29 is 22.7 Å². The maximum absolute atomic E-state index is 14.1. The van der Waals surface area contributed by atoms with Crippen molar-refractivity contribution in [1.82, 2.24) is 9.47 Å². The molecule has 0 amide bonds. The molecule has 1 aliphatic carbocycles. The number of aromatic nitrogens is 1. The summed E-state index contributed by atoms with van der Waals surface area (Å²) < 4.78 is 56.7. The van der Waals surface area contributed by atoms with Crippen molar-refractivity contribution in [1.29, 1.82) is 5.26 Å². The largest absolute Gasteiger partial charge is 0.505 e. The molecule has 1 N–H and O–H groups in total. The number of nitriles is 1. The highest BCUT2D eigenvalue weighted by Crippen LogP contribution is 2.43. The fourth-order valence-electron chi connectivity index (χ4n) is 4.51. The van der Waals surface area contributed by atoms with Gasteiger partial charge in [0.05, 0.1) is 22.5 Å². The smallest absolute Gasteiger partial charge is 0.408 e. The molecule has 8 heteroatoms. The van der Waals surface area contributed by atoms with Gasteiger partial charge in [-0.2, -0.15) is 18.4 Å². The molecule has 2 aliphatic rings. The van der Waals surface area contributed by atoms with E-state index < -0.39 is 23.8 Å². The first-order valence-electron chi connectivity index (χ1n) is 9.91. The highest BCUT2D eigenvalue weighted by atomic mass is 19.4. The maximum Gasteiger partial charge on any atom is 0.408 e. The molecule has 2 heterocycles. The minimum atomic E-state index is -4.45. The summed E-state index contributed by atoms with van der Waals surface area (Å²) >= 11 is 0. The van der Waals surface area contributed by atoms with Crippen LogP contribution in [0.15, 0.2) is 30.4 Å². The molecule has 1 aromatic carbocycles. The number of hydrogen-bond donors (Lipinski definition) is 1. The molecule has 4 rings (SSSR count). The van der Waals surface area contributed by atoms with E-state index >= 15 is 0 Å². The number of fused-ring (bicyclic) bond motifs is 1. The van der Waals surface area contributed by atoms with Crippen LogP contribution in [-0.2, 0) is 0 Å². The fraction of sp³-hybridized carbons (Fsp3) is 0.409. The van der Waals surface area contributed by atoms with E-state index in [9.17, 15) is 27.9 Å². The van der Waals surface area contributed by atoms with Crippen LogP contribution in [0.1, 0.15) is 49.9 Å². The van der Waals surface area contributed by atoms with Gasteiger partial charge >= 0.3 is 6.18 Å². The summed E-state index contributed by atoms with van der Waals surface area (Å²) in [6.45, 7) is 1.14. The Balaban J connectivity index is 2.01. The van der Waals surface area contributed by atoms with Gasteiger partial charge in [0.25, 0.3) is 0 Å². The molecule has 1 atom stereocenters. The molecule has 30 heavy (non-hydrogen) atoms. The third kappa shape index (κ3) is 3.22. The summed E-state index contributed by atoms with van der Waals surface area (Å²) in [4.78, 5) is 1.22. The van der Waals surface area contributed by atoms with Crippen molar-refractivity contribution in [2.45, 2.75) is 50.9 Å². The number of halogens is 4. The Morgan fingerprint density at radius 2 is 1.93 bits per heavy atom. The molecule has 0 radical (unpaired) electrons. The van der Waals surface area contributed by atoms with Gasteiger partial charge in [-0.1, -0.05) is 25.0 Å². The first kappa shape index (κ1) is 20.3. The quantitative estimate of drug-likeness (QED) is 0.656. The zero-order valence-corrected chi connectivity index (χ0v) is 16.4. The van der Waals surface area contributed by atoms with E-state index in [1.807, 2.05) is 4.57 Å². The fourth-order valence-corrected chi connectivity index (χ4v) is 4.51. The van der Waals surface area contributed by atoms with E-state index in [0.29, 0.717) is 16.6 Å². The van der Waals surface area contributed by atoms with Crippen LogP contribution in [0.25, 0.3) is 16.6 Å². The number of hydrogen-bond acceptors (Lipinski definition) is 3. The average molecular weight is 419 g/mol. The van der Waals surface area contributed by atoms with Crippen molar-refractivity contribution in [2.24, 2.45) is 0 Å². The van der Waals surface area contributed by atoms with E-state index in [2.05, 4.69) is 6.07 Å². The number of aromatic hydroxyl groups is 1. The van der Waals surface area contributed by atoms with Crippen LogP contribution < -0.4 is 0 Å². The van der Waals surface area contributed by atoms with Gasteiger partial charge in [-0.3, -0.25) is 0 Å². The van der Waals surface area contributed by atoms with Gasteiger partial charge in [0.2, 0.25) is 0 Å². The van der Waals surface area contributed by atoms with E-state index in [1.54, 1.807) is 18.2 Å². The van der Waals surface area contributed by atoms with Crippen LogP contribution in [0, 0.1) is 17.1 Å². The van der Waals surface area contributed by atoms with Crippen LogP contribution in [-0.4, -0.2) is 33.3 Å². The Hall–Kier alpha value is -2.95. The average Bonchev–Trinajstić information content (AvgIpc) is 3.33. The van der Waals surface area contributed by atoms with Crippen molar-refractivity contribution >= 4 is 16.6 Å². The molecular formula is C22H21F4N3O. The predicted molar refractivity (Wildman–Crippen MR) is 105 cm³/mol. The van der Waals surface area contributed by atoms with Gasteiger partial charge in [-0.15, -0.1) is 0 Å². The minimum Gasteiger partial charge on any atom is -0.505 e. The lowest BCUT2D eigenvalue weighted by Crippen LogP contribution is -2.43. The van der Waals surface area contributed by atoms with Crippen LogP contribution in [0.4, 0.5) is 17.6 Å². The molecule has 1 fully saturated rings. The normalized spacial score (nSPS) is 18.7. The first-order chi connectivity index (χ1) is 14.2. The second-order valence-electron chi connectivity index (χ2n) is 7.81. The number of rotatable bonds is 3. The summed E-state index contributed by atoms with van der Waals surface area (Å²) in [6, 6.07) is 2.64. The van der Waals surface area contributed by atoms with Gasteiger partial charge in [0, 0.05) is 24.0 Å². The summed E-state index contributed by atoms with van der Waals surface area (Å²) in [5.74, 6) is -1.42. The Morgan fingerprint density at radius 3 is 2.57 bits per heavy atom. The molecule has 4 nitrogen and oxygen atoms in total. The summed E-state index contributed by atoms with van der Waals surface area (Å²) in [5, 5.41) is 20.2. The van der Waals surface area contributed by atoms with Gasteiger partial charge in [0.1, 0.15) is 12.1 Å². The molecule has 1 saturated carbocycles. The third-order valence-electron chi connectivity index (χ3n) is 6.06.